The largest absolute Gasteiger partial charge is 1.00 e. The number of carboxylic acids is 1. The maximum absolute atomic E-state index is 9.25. The minimum Gasteiger partial charge on any atom is -0.478 e. The summed E-state index contributed by atoms with van der Waals surface area (Å²) in [6.07, 6.45) is 0.833. The average molecular weight is 157 g/mol. The van der Waals surface area contributed by atoms with E-state index in [2.05, 4.69) is 6.58 Å². The molecule has 7 heteroatoms. The van der Waals surface area contributed by atoms with E-state index in [4.69, 9.17) is 20.4 Å². The van der Waals surface area contributed by atoms with Crippen molar-refractivity contribution < 1.29 is 44.5 Å². The SMILES string of the molecule is C=CC(=O)O.O=[N+]([O-])[O-].[Na+]. The fourth-order valence-electron chi connectivity index (χ4n) is 0. The second-order valence-corrected chi connectivity index (χ2v) is 0.766. The fraction of sp³-hybridized carbons (Fsp3) is 0. The van der Waals surface area contributed by atoms with Gasteiger partial charge in [0.1, 0.15) is 0 Å². The molecule has 0 bridgehead atoms. The minimum absolute atomic E-state index is 0. The molecule has 0 aliphatic rings. The molecule has 0 saturated heterocycles. The summed E-state index contributed by atoms with van der Waals surface area (Å²) < 4.78 is 0. The Bertz CT molecular complexity index is 120. The molecule has 0 spiro atoms. The molecule has 0 aromatic heterocycles. The number of rotatable bonds is 1. The van der Waals surface area contributed by atoms with Crippen molar-refractivity contribution in [3.63, 3.8) is 0 Å². The van der Waals surface area contributed by atoms with E-state index in [1.807, 2.05) is 0 Å². The van der Waals surface area contributed by atoms with Crippen LogP contribution in [-0.2, 0) is 4.79 Å². The number of carbonyl (C=O) groups is 1. The zero-order chi connectivity index (χ0) is 7.86. The number of hydrogen-bond acceptors (Lipinski definition) is 4. The predicted molar refractivity (Wildman–Crippen MR) is 28.2 cm³/mol. The summed E-state index contributed by atoms with van der Waals surface area (Å²) in [6.45, 7) is 2.96. The molecule has 0 heterocycles. The third-order valence-electron chi connectivity index (χ3n) is 0.175. The molecule has 0 aromatic carbocycles. The van der Waals surface area contributed by atoms with E-state index in [-0.39, 0.29) is 29.6 Å². The molecule has 10 heavy (non-hydrogen) atoms. The predicted octanol–water partition coefficient (Wildman–Crippen LogP) is -2.98. The van der Waals surface area contributed by atoms with E-state index in [0.29, 0.717) is 0 Å². The molecule has 0 fully saturated rings. The summed E-state index contributed by atoms with van der Waals surface area (Å²) in [5.41, 5.74) is 0. The van der Waals surface area contributed by atoms with Crippen molar-refractivity contribution in [2.75, 3.05) is 0 Å². The van der Waals surface area contributed by atoms with Crippen LogP contribution in [-0.4, -0.2) is 16.2 Å². The molecule has 0 aliphatic heterocycles. The van der Waals surface area contributed by atoms with E-state index in [1.165, 1.54) is 0 Å². The molecule has 6 nitrogen and oxygen atoms in total. The van der Waals surface area contributed by atoms with E-state index in [1.54, 1.807) is 0 Å². The molecule has 0 saturated carbocycles. The molecule has 0 aromatic rings. The first-order chi connectivity index (χ1) is 4.00. The van der Waals surface area contributed by atoms with Crippen LogP contribution in [0.1, 0.15) is 0 Å². The van der Waals surface area contributed by atoms with Crippen molar-refractivity contribution >= 4 is 5.97 Å². The summed E-state index contributed by atoms with van der Waals surface area (Å²) in [7, 11) is 0. The number of aliphatic carboxylic acids is 1. The van der Waals surface area contributed by atoms with Crippen molar-refractivity contribution in [2.45, 2.75) is 0 Å². The van der Waals surface area contributed by atoms with E-state index in [9.17, 15) is 4.79 Å². The van der Waals surface area contributed by atoms with Gasteiger partial charge in [-0.15, -0.1) is 0 Å². The maximum Gasteiger partial charge on any atom is 1.00 e. The van der Waals surface area contributed by atoms with Crippen molar-refractivity contribution in [1.82, 2.24) is 0 Å². The summed E-state index contributed by atoms with van der Waals surface area (Å²) in [4.78, 5) is 17.5. The Kier molecular flexibility index (Phi) is 18.2. The molecule has 0 rings (SSSR count). The molecule has 0 atom stereocenters. The van der Waals surface area contributed by atoms with Crippen LogP contribution in [0.4, 0.5) is 0 Å². The average Bonchev–Trinajstić information content (AvgIpc) is 1.65. The molecule has 52 valence electrons. The topological polar surface area (TPSA) is 104 Å². The van der Waals surface area contributed by atoms with E-state index in [0.717, 1.165) is 6.08 Å². The second-order valence-electron chi connectivity index (χ2n) is 0.766. The Morgan fingerprint density at radius 2 is 1.70 bits per heavy atom. The number of nitrogens with zero attached hydrogens (tertiary/aromatic N) is 1. The van der Waals surface area contributed by atoms with Gasteiger partial charge in [-0.2, -0.15) is 0 Å². The van der Waals surface area contributed by atoms with Crippen molar-refractivity contribution in [3.05, 3.63) is 28.0 Å². The maximum atomic E-state index is 9.25. The molecule has 0 aliphatic carbocycles. The Labute approximate surface area is 78.6 Å². The van der Waals surface area contributed by atoms with Gasteiger partial charge in [0.05, 0.1) is 5.09 Å². The molecule has 0 amide bonds. The van der Waals surface area contributed by atoms with Gasteiger partial charge in [-0.1, -0.05) is 6.58 Å². The minimum atomic E-state index is -1.75. The zero-order valence-corrected chi connectivity index (χ0v) is 7.31. The number of carboxylic acid groups (broad SMARTS) is 1. The number of hydrogen-bond donors (Lipinski definition) is 1. The van der Waals surface area contributed by atoms with Crippen LogP contribution < -0.4 is 29.6 Å². The summed E-state index contributed by atoms with van der Waals surface area (Å²) in [5, 5.41) is 22.4. The summed E-state index contributed by atoms with van der Waals surface area (Å²) in [6, 6.07) is 0. The first-order valence-corrected chi connectivity index (χ1v) is 1.67. The van der Waals surface area contributed by atoms with Crippen LogP contribution >= 0.6 is 0 Å². The first-order valence-electron chi connectivity index (χ1n) is 1.67. The zero-order valence-electron chi connectivity index (χ0n) is 5.31. The van der Waals surface area contributed by atoms with Gasteiger partial charge >= 0.3 is 35.5 Å². The Morgan fingerprint density at radius 1 is 1.60 bits per heavy atom. The third-order valence-corrected chi connectivity index (χ3v) is 0.175. The van der Waals surface area contributed by atoms with Gasteiger partial charge in [-0.25, -0.2) is 4.79 Å². The normalized spacial score (nSPS) is 5.60. The first kappa shape index (κ1) is 16.2. The van der Waals surface area contributed by atoms with E-state index < -0.39 is 11.1 Å². The van der Waals surface area contributed by atoms with Crippen LogP contribution in [0.15, 0.2) is 12.7 Å². The van der Waals surface area contributed by atoms with E-state index >= 15 is 0 Å². The van der Waals surface area contributed by atoms with Crippen LogP contribution in [0.2, 0.25) is 0 Å². The van der Waals surface area contributed by atoms with Gasteiger partial charge in [-0.05, 0) is 0 Å². The van der Waals surface area contributed by atoms with Gasteiger partial charge in [0.15, 0.2) is 0 Å². The molecular weight excluding hydrogens is 153 g/mol. The third kappa shape index (κ3) is 153. The van der Waals surface area contributed by atoms with Crippen molar-refractivity contribution in [3.8, 4) is 0 Å². The molecule has 0 radical (unpaired) electrons. The Hall–Kier alpha value is -0.590. The van der Waals surface area contributed by atoms with Crippen LogP contribution in [0, 0.1) is 15.3 Å². The van der Waals surface area contributed by atoms with Gasteiger partial charge in [-0.3, -0.25) is 0 Å². The Morgan fingerprint density at radius 3 is 1.70 bits per heavy atom. The van der Waals surface area contributed by atoms with Gasteiger partial charge in [0, 0.05) is 6.08 Å². The summed E-state index contributed by atoms with van der Waals surface area (Å²) in [5.74, 6) is -0.981. The van der Waals surface area contributed by atoms with Crippen LogP contribution in [0.5, 0.6) is 0 Å². The van der Waals surface area contributed by atoms with Crippen molar-refractivity contribution in [1.29, 1.82) is 0 Å². The van der Waals surface area contributed by atoms with Crippen LogP contribution in [0.25, 0.3) is 0 Å². The fourth-order valence-corrected chi connectivity index (χ4v) is 0. The smallest absolute Gasteiger partial charge is 0.478 e. The molecule has 0 unspecified atom stereocenters. The standard InChI is InChI=1S/C3H4O2.NO3.Na/c1-2-3(4)5;2-1(3)4;/h2H,1H2,(H,4,5);;/q;-1;+1. The molecule has 1 N–H and O–H groups in total. The molecular formula is C3H4NNaO5. The van der Waals surface area contributed by atoms with Crippen LogP contribution in [0.3, 0.4) is 0 Å². The quantitative estimate of drug-likeness (QED) is 0.189. The van der Waals surface area contributed by atoms with Gasteiger partial charge < -0.3 is 20.4 Å². The van der Waals surface area contributed by atoms with Crippen molar-refractivity contribution in [2.24, 2.45) is 0 Å². The second kappa shape index (κ2) is 11.2. The Balaban J connectivity index is -0.0000000910. The summed E-state index contributed by atoms with van der Waals surface area (Å²) >= 11 is 0. The van der Waals surface area contributed by atoms with Gasteiger partial charge in [0.25, 0.3) is 0 Å². The van der Waals surface area contributed by atoms with Gasteiger partial charge in [0.2, 0.25) is 0 Å². The monoisotopic (exact) mass is 157 g/mol.